The summed E-state index contributed by atoms with van der Waals surface area (Å²) in [5.74, 6) is 0.230. The summed E-state index contributed by atoms with van der Waals surface area (Å²) in [6.45, 7) is 1.45. The predicted octanol–water partition coefficient (Wildman–Crippen LogP) is 4.78. The zero-order valence-corrected chi connectivity index (χ0v) is 19.7. The highest BCUT2D eigenvalue weighted by Crippen LogP contribution is 2.43. The van der Waals surface area contributed by atoms with Crippen LogP contribution >= 0.6 is 0 Å². The lowest BCUT2D eigenvalue weighted by atomic mass is 9.94. The third-order valence-electron chi connectivity index (χ3n) is 7.68. The topological polar surface area (TPSA) is 134 Å². The molecule has 9 nitrogen and oxygen atoms in total. The van der Waals surface area contributed by atoms with Crippen LogP contribution in [0.5, 0.6) is 0 Å². The number of nitriles is 1. The number of hydrogen-bond acceptors (Lipinski definition) is 7. The number of nitro groups is 1. The van der Waals surface area contributed by atoms with Crippen molar-refractivity contribution in [2.24, 2.45) is 5.92 Å². The zero-order chi connectivity index (χ0) is 24.5. The largest absolute Gasteiger partial charge is 0.396 e. The first-order chi connectivity index (χ1) is 17.0. The number of nitrogens with two attached hydrogens (primary N) is 1. The molecule has 3 N–H and O–H groups in total. The number of nitro benzene ring substituents is 1. The predicted molar refractivity (Wildman–Crippen MR) is 135 cm³/mol. The van der Waals surface area contributed by atoms with Gasteiger partial charge in [-0.2, -0.15) is 5.26 Å². The number of imidazole rings is 1. The van der Waals surface area contributed by atoms with E-state index in [2.05, 4.69) is 15.6 Å². The Bertz CT molecular complexity index is 1300. The van der Waals surface area contributed by atoms with E-state index in [4.69, 9.17) is 5.73 Å². The fourth-order valence-corrected chi connectivity index (χ4v) is 5.67. The van der Waals surface area contributed by atoms with E-state index in [0.717, 1.165) is 36.7 Å². The summed E-state index contributed by atoms with van der Waals surface area (Å²) in [6, 6.07) is 10.0. The third kappa shape index (κ3) is 4.19. The number of aliphatic hydroxyl groups excluding tert-OH is 1. The van der Waals surface area contributed by atoms with Gasteiger partial charge in [-0.15, -0.1) is 0 Å². The van der Waals surface area contributed by atoms with Crippen LogP contribution in [0.2, 0.25) is 0 Å². The van der Waals surface area contributed by atoms with Crippen molar-refractivity contribution < 1.29 is 10.0 Å². The Morgan fingerprint density at radius 3 is 2.57 bits per heavy atom. The van der Waals surface area contributed by atoms with E-state index >= 15 is 0 Å². The molecule has 1 aliphatic heterocycles. The van der Waals surface area contributed by atoms with Crippen LogP contribution in [-0.2, 0) is 0 Å². The minimum Gasteiger partial charge on any atom is -0.396 e. The molecule has 1 aromatic heterocycles. The van der Waals surface area contributed by atoms with Crippen LogP contribution in [0.1, 0.15) is 56.6 Å². The van der Waals surface area contributed by atoms with Gasteiger partial charge in [-0.25, -0.2) is 4.98 Å². The summed E-state index contributed by atoms with van der Waals surface area (Å²) in [5, 5.41) is 31.4. The van der Waals surface area contributed by atoms with Gasteiger partial charge in [0.2, 0.25) is 0 Å². The van der Waals surface area contributed by atoms with E-state index in [1.54, 1.807) is 6.07 Å². The van der Waals surface area contributed by atoms with Crippen LogP contribution in [0.4, 0.5) is 17.1 Å². The molecule has 5 rings (SSSR count). The minimum atomic E-state index is -0.502. The highest BCUT2D eigenvalue weighted by atomic mass is 16.6. The minimum absolute atomic E-state index is 0.109. The van der Waals surface area contributed by atoms with Gasteiger partial charge < -0.3 is 20.3 Å². The number of aliphatic hydroxyl groups is 1. The van der Waals surface area contributed by atoms with Gasteiger partial charge in [-0.3, -0.25) is 10.1 Å². The van der Waals surface area contributed by atoms with Crippen LogP contribution in [0, 0.1) is 27.4 Å². The SMILES string of the molecule is N#Cc1c(N2CCC(CO)CC2)cc(-c2ccc3c(c2)ncn3C2CCCCC2)c([N+](=O)[O-])c1N. The highest BCUT2D eigenvalue weighted by molar-refractivity contribution is 5.93. The average molecular weight is 475 g/mol. The van der Waals surface area contributed by atoms with Crippen LogP contribution in [0.3, 0.4) is 0 Å². The van der Waals surface area contributed by atoms with Gasteiger partial charge in [0.1, 0.15) is 17.3 Å². The second kappa shape index (κ2) is 9.55. The van der Waals surface area contributed by atoms with Crippen molar-refractivity contribution in [1.82, 2.24) is 9.55 Å². The maximum atomic E-state index is 12.1. The summed E-state index contributed by atoms with van der Waals surface area (Å²) in [5.41, 5.74) is 9.49. The standard InChI is InChI=1S/C26H30N6O3/c27-14-21-24(30-10-8-17(15-33)9-11-30)13-20(26(25(21)28)32(34)35)18-6-7-23-22(12-18)29-16-31(23)19-4-2-1-3-5-19/h6-7,12-13,16-17,19,33H,1-5,8-11,15,28H2. The number of nitrogen functional groups attached to an aromatic ring is 1. The summed E-state index contributed by atoms with van der Waals surface area (Å²) in [6.07, 6.45) is 9.45. The second-order valence-electron chi connectivity index (χ2n) is 9.71. The van der Waals surface area contributed by atoms with Crippen molar-refractivity contribution in [2.45, 2.75) is 51.0 Å². The van der Waals surface area contributed by atoms with E-state index in [1.807, 2.05) is 29.4 Å². The van der Waals surface area contributed by atoms with Gasteiger partial charge >= 0.3 is 5.69 Å². The number of aromatic nitrogens is 2. The Morgan fingerprint density at radius 1 is 1.17 bits per heavy atom. The summed E-state index contributed by atoms with van der Waals surface area (Å²) in [7, 11) is 0. The summed E-state index contributed by atoms with van der Waals surface area (Å²) < 4.78 is 2.23. The van der Waals surface area contributed by atoms with Crippen molar-refractivity contribution in [3.8, 4) is 17.2 Å². The molecule has 0 atom stereocenters. The normalized spacial score (nSPS) is 17.5. The molecule has 0 bridgehead atoms. The lowest BCUT2D eigenvalue weighted by Crippen LogP contribution is -2.35. The molecule has 0 amide bonds. The molecule has 0 radical (unpaired) electrons. The fraction of sp³-hybridized carbons (Fsp3) is 0.462. The summed E-state index contributed by atoms with van der Waals surface area (Å²) in [4.78, 5) is 18.2. The Kier molecular flexibility index (Phi) is 6.31. The molecular weight excluding hydrogens is 444 g/mol. The Hall–Kier alpha value is -3.64. The first-order valence-electron chi connectivity index (χ1n) is 12.4. The average Bonchev–Trinajstić information content (AvgIpc) is 3.32. The van der Waals surface area contributed by atoms with E-state index in [0.29, 0.717) is 35.9 Å². The molecule has 2 aromatic carbocycles. The number of hydrogen-bond donors (Lipinski definition) is 2. The van der Waals surface area contributed by atoms with Gasteiger partial charge in [0.05, 0.1) is 33.5 Å². The lowest BCUT2D eigenvalue weighted by Gasteiger charge is -2.33. The summed E-state index contributed by atoms with van der Waals surface area (Å²) >= 11 is 0. The van der Waals surface area contributed by atoms with Crippen molar-refractivity contribution in [3.05, 3.63) is 46.3 Å². The van der Waals surface area contributed by atoms with E-state index < -0.39 is 4.92 Å². The molecule has 1 aliphatic carbocycles. The van der Waals surface area contributed by atoms with Crippen LogP contribution in [0.25, 0.3) is 22.2 Å². The molecule has 2 aliphatic rings. The molecule has 0 unspecified atom stereocenters. The smallest absolute Gasteiger partial charge is 0.301 e. The van der Waals surface area contributed by atoms with Gasteiger partial charge in [-0.1, -0.05) is 25.3 Å². The number of benzene rings is 2. The number of fused-ring (bicyclic) bond motifs is 1. The zero-order valence-electron chi connectivity index (χ0n) is 19.7. The molecule has 2 fully saturated rings. The second-order valence-corrected chi connectivity index (χ2v) is 9.71. The monoisotopic (exact) mass is 474 g/mol. The maximum absolute atomic E-state index is 12.1. The van der Waals surface area contributed by atoms with E-state index in [1.165, 1.54) is 19.3 Å². The molecule has 35 heavy (non-hydrogen) atoms. The lowest BCUT2D eigenvalue weighted by molar-refractivity contribution is -0.383. The van der Waals surface area contributed by atoms with Crippen LogP contribution < -0.4 is 10.6 Å². The van der Waals surface area contributed by atoms with Gasteiger partial charge in [0.25, 0.3) is 0 Å². The Labute approximate surface area is 203 Å². The maximum Gasteiger partial charge on any atom is 0.301 e. The number of nitrogens with zero attached hydrogens (tertiary/aromatic N) is 5. The van der Waals surface area contributed by atoms with Gasteiger partial charge in [0, 0.05) is 25.7 Å². The van der Waals surface area contributed by atoms with Crippen molar-refractivity contribution >= 4 is 28.1 Å². The highest BCUT2D eigenvalue weighted by Gasteiger charge is 2.29. The first-order valence-corrected chi connectivity index (χ1v) is 12.4. The Balaban J connectivity index is 1.59. The molecule has 1 saturated heterocycles. The van der Waals surface area contributed by atoms with Crippen molar-refractivity contribution in [2.75, 3.05) is 30.3 Å². The molecule has 3 aromatic rings. The van der Waals surface area contributed by atoms with Crippen LogP contribution in [-0.4, -0.2) is 39.3 Å². The van der Waals surface area contributed by atoms with Crippen molar-refractivity contribution in [1.29, 1.82) is 5.26 Å². The number of anilines is 2. The molecule has 1 saturated carbocycles. The molecule has 2 heterocycles. The quantitative estimate of drug-likeness (QED) is 0.309. The van der Waals surface area contributed by atoms with Gasteiger partial charge in [0.15, 0.2) is 0 Å². The number of rotatable bonds is 5. The first kappa shape index (κ1) is 23.1. The van der Waals surface area contributed by atoms with Crippen LogP contribution in [0.15, 0.2) is 30.6 Å². The van der Waals surface area contributed by atoms with Crippen molar-refractivity contribution in [3.63, 3.8) is 0 Å². The fourth-order valence-electron chi connectivity index (χ4n) is 5.67. The molecule has 0 spiro atoms. The Morgan fingerprint density at radius 2 is 1.91 bits per heavy atom. The van der Waals surface area contributed by atoms with E-state index in [-0.39, 0.29) is 29.5 Å². The third-order valence-corrected chi connectivity index (χ3v) is 7.68. The van der Waals surface area contributed by atoms with E-state index in [9.17, 15) is 20.5 Å². The molecule has 182 valence electrons. The number of piperidine rings is 1. The molecule has 9 heteroatoms. The molecular formula is C26H30N6O3. The van der Waals surface area contributed by atoms with Gasteiger partial charge in [-0.05, 0) is 55.4 Å².